The maximum Gasteiger partial charge on any atom is 0.418 e. The van der Waals surface area contributed by atoms with E-state index in [-0.39, 0.29) is 23.2 Å². The molecule has 1 unspecified atom stereocenters. The van der Waals surface area contributed by atoms with Gasteiger partial charge in [-0.1, -0.05) is 6.07 Å². The van der Waals surface area contributed by atoms with Gasteiger partial charge in [0.1, 0.15) is 0 Å². The van der Waals surface area contributed by atoms with E-state index in [0.29, 0.717) is 19.5 Å². The molecule has 1 aromatic rings. The molecule has 4 nitrogen and oxygen atoms in total. The van der Waals surface area contributed by atoms with Crippen LogP contribution in [0.15, 0.2) is 18.2 Å². The highest BCUT2D eigenvalue weighted by atomic mass is 19.4. The average Bonchev–Trinajstić information content (AvgIpc) is 2.84. The first-order valence-electron chi connectivity index (χ1n) is 6.64. The van der Waals surface area contributed by atoms with E-state index in [9.17, 15) is 18.0 Å². The van der Waals surface area contributed by atoms with Crippen LogP contribution in [0.3, 0.4) is 0 Å². The number of carbonyl (C=O) groups excluding carboxylic acids is 1. The van der Waals surface area contributed by atoms with Crippen LogP contribution >= 0.6 is 0 Å². The van der Waals surface area contributed by atoms with Gasteiger partial charge in [-0.15, -0.1) is 0 Å². The number of anilines is 1. The third kappa shape index (κ3) is 3.66. The van der Waals surface area contributed by atoms with Gasteiger partial charge in [-0.3, -0.25) is 4.79 Å². The molecular weight excluding hydrogens is 285 g/mol. The Hall–Kier alpha value is -1.76. The van der Waals surface area contributed by atoms with Gasteiger partial charge in [0.15, 0.2) is 0 Å². The summed E-state index contributed by atoms with van der Waals surface area (Å²) in [7, 11) is 0. The zero-order valence-corrected chi connectivity index (χ0v) is 11.6. The van der Waals surface area contributed by atoms with E-state index in [1.54, 1.807) is 4.90 Å². The van der Waals surface area contributed by atoms with Crippen LogP contribution in [0.1, 0.15) is 24.5 Å². The molecule has 1 fully saturated rings. The number of rotatable bonds is 3. The highest BCUT2D eigenvalue weighted by Gasteiger charge is 2.36. The van der Waals surface area contributed by atoms with Crippen LogP contribution in [-0.4, -0.2) is 30.1 Å². The SMILES string of the molecule is CC(=O)NC1CCN(c2ccc(CO)cc2C(F)(F)F)C1. The maximum atomic E-state index is 13.1. The highest BCUT2D eigenvalue weighted by Crippen LogP contribution is 2.38. The minimum Gasteiger partial charge on any atom is -0.392 e. The lowest BCUT2D eigenvalue weighted by molar-refractivity contribution is -0.137. The molecule has 0 saturated carbocycles. The van der Waals surface area contributed by atoms with Gasteiger partial charge >= 0.3 is 6.18 Å². The fraction of sp³-hybridized carbons (Fsp3) is 0.500. The molecule has 1 saturated heterocycles. The molecule has 116 valence electrons. The summed E-state index contributed by atoms with van der Waals surface area (Å²) in [5.74, 6) is -0.187. The summed E-state index contributed by atoms with van der Waals surface area (Å²) < 4.78 is 39.4. The van der Waals surface area contributed by atoms with Crippen LogP contribution in [-0.2, 0) is 17.6 Å². The van der Waals surface area contributed by atoms with Crippen molar-refractivity contribution >= 4 is 11.6 Å². The van der Waals surface area contributed by atoms with Crippen LogP contribution in [0.5, 0.6) is 0 Å². The lowest BCUT2D eigenvalue weighted by Gasteiger charge is -2.24. The summed E-state index contributed by atoms with van der Waals surface area (Å²) in [4.78, 5) is 12.6. The smallest absolute Gasteiger partial charge is 0.392 e. The largest absolute Gasteiger partial charge is 0.418 e. The van der Waals surface area contributed by atoms with Crippen molar-refractivity contribution in [2.45, 2.75) is 32.2 Å². The second kappa shape index (κ2) is 5.93. The number of hydrogen-bond donors (Lipinski definition) is 2. The number of amides is 1. The fourth-order valence-electron chi connectivity index (χ4n) is 2.57. The zero-order valence-electron chi connectivity index (χ0n) is 11.6. The van der Waals surface area contributed by atoms with Gasteiger partial charge in [0.25, 0.3) is 0 Å². The molecule has 1 aromatic carbocycles. The molecule has 0 bridgehead atoms. The number of aliphatic hydroxyl groups excluding tert-OH is 1. The van der Waals surface area contributed by atoms with Crippen molar-refractivity contribution in [3.8, 4) is 0 Å². The third-order valence-corrected chi connectivity index (χ3v) is 3.49. The van der Waals surface area contributed by atoms with Gasteiger partial charge in [-0.25, -0.2) is 0 Å². The second-order valence-electron chi connectivity index (χ2n) is 5.14. The minimum absolute atomic E-state index is 0.0903. The van der Waals surface area contributed by atoms with Gasteiger partial charge in [-0.05, 0) is 24.1 Å². The second-order valence-corrected chi connectivity index (χ2v) is 5.14. The van der Waals surface area contributed by atoms with Crippen LogP contribution < -0.4 is 10.2 Å². The van der Waals surface area contributed by atoms with Crippen LogP contribution in [0.4, 0.5) is 18.9 Å². The van der Waals surface area contributed by atoms with Crippen molar-refractivity contribution in [1.82, 2.24) is 5.32 Å². The molecule has 1 aliphatic heterocycles. The van der Waals surface area contributed by atoms with Gasteiger partial charge in [0.05, 0.1) is 12.2 Å². The lowest BCUT2D eigenvalue weighted by atomic mass is 10.1. The summed E-state index contributed by atoms with van der Waals surface area (Å²) in [6, 6.07) is 3.70. The van der Waals surface area contributed by atoms with E-state index in [4.69, 9.17) is 5.11 Å². The number of alkyl halides is 3. The molecule has 1 atom stereocenters. The van der Waals surface area contributed by atoms with E-state index >= 15 is 0 Å². The molecule has 21 heavy (non-hydrogen) atoms. The number of benzene rings is 1. The van der Waals surface area contributed by atoms with Crippen LogP contribution in [0.2, 0.25) is 0 Å². The van der Waals surface area contributed by atoms with E-state index < -0.39 is 18.3 Å². The van der Waals surface area contributed by atoms with Gasteiger partial charge in [0, 0.05) is 31.7 Å². The molecule has 1 aliphatic rings. The molecule has 2 rings (SSSR count). The summed E-state index contributed by atoms with van der Waals surface area (Å²) >= 11 is 0. The first-order chi connectivity index (χ1) is 9.81. The Morgan fingerprint density at radius 1 is 1.48 bits per heavy atom. The van der Waals surface area contributed by atoms with Crippen molar-refractivity contribution in [3.05, 3.63) is 29.3 Å². The highest BCUT2D eigenvalue weighted by molar-refractivity contribution is 5.73. The summed E-state index contributed by atoms with van der Waals surface area (Å²) in [6.07, 6.45) is -3.87. The van der Waals surface area contributed by atoms with E-state index in [1.807, 2.05) is 0 Å². The quantitative estimate of drug-likeness (QED) is 0.897. The van der Waals surface area contributed by atoms with Crippen molar-refractivity contribution in [1.29, 1.82) is 0 Å². The van der Waals surface area contributed by atoms with Crippen molar-refractivity contribution in [2.24, 2.45) is 0 Å². The summed E-state index contributed by atoms with van der Waals surface area (Å²) in [6.45, 7) is 1.76. The Morgan fingerprint density at radius 2 is 2.19 bits per heavy atom. The van der Waals surface area contributed by atoms with E-state index in [1.165, 1.54) is 19.1 Å². The predicted octanol–water partition coefficient (Wildman–Crippen LogP) is 1.91. The van der Waals surface area contributed by atoms with Crippen molar-refractivity contribution < 1.29 is 23.1 Å². The van der Waals surface area contributed by atoms with Crippen molar-refractivity contribution in [3.63, 3.8) is 0 Å². The van der Waals surface area contributed by atoms with E-state index in [0.717, 1.165) is 6.07 Å². The van der Waals surface area contributed by atoms with Gasteiger partial charge < -0.3 is 15.3 Å². The molecule has 1 amide bonds. The number of nitrogens with one attached hydrogen (secondary N) is 1. The average molecular weight is 302 g/mol. The standard InChI is InChI=1S/C14H17F3N2O2/c1-9(21)18-11-4-5-19(7-11)13-3-2-10(8-20)6-12(13)14(15,16)17/h2-3,6,11,20H,4-5,7-8H2,1H3,(H,18,21). The molecule has 0 aliphatic carbocycles. The molecule has 7 heteroatoms. The molecule has 0 spiro atoms. The number of nitrogens with zero attached hydrogens (tertiary/aromatic N) is 1. The third-order valence-electron chi connectivity index (χ3n) is 3.49. The fourth-order valence-corrected chi connectivity index (χ4v) is 2.57. The zero-order chi connectivity index (χ0) is 15.6. The Labute approximate surface area is 120 Å². The first kappa shape index (κ1) is 15.6. The van der Waals surface area contributed by atoms with Crippen LogP contribution in [0.25, 0.3) is 0 Å². The maximum absolute atomic E-state index is 13.1. The molecular formula is C14H17F3N2O2. The number of aliphatic hydroxyl groups is 1. The van der Waals surface area contributed by atoms with Crippen LogP contribution in [0, 0.1) is 0 Å². The molecule has 0 radical (unpaired) electrons. The predicted molar refractivity (Wildman–Crippen MR) is 71.8 cm³/mol. The Bertz CT molecular complexity index is 531. The Balaban J connectivity index is 2.26. The molecule has 0 aromatic heterocycles. The van der Waals surface area contributed by atoms with Crippen molar-refractivity contribution in [2.75, 3.05) is 18.0 Å². The normalized spacial score (nSPS) is 18.9. The minimum atomic E-state index is -4.48. The van der Waals surface area contributed by atoms with E-state index in [2.05, 4.69) is 5.32 Å². The Morgan fingerprint density at radius 3 is 2.76 bits per heavy atom. The Kier molecular flexibility index (Phi) is 4.41. The first-order valence-corrected chi connectivity index (χ1v) is 6.64. The molecule has 1 heterocycles. The van der Waals surface area contributed by atoms with Gasteiger partial charge in [0.2, 0.25) is 5.91 Å². The lowest BCUT2D eigenvalue weighted by Crippen LogP contribution is -2.35. The number of carbonyl (C=O) groups is 1. The summed E-state index contributed by atoms with van der Waals surface area (Å²) in [5, 5.41) is 11.7. The topological polar surface area (TPSA) is 52.6 Å². The number of halogens is 3. The number of hydrogen-bond acceptors (Lipinski definition) is 3. The molecule has 2 N–H and O–H groups in total. The monoisotopic (exact) mass is 302 g/mol. The van der Waals surface area contributed by atoms with Gasteiger partial charge in [-0.2, -0.15) is 13.2 Å². The summed E-state index contributed by atoms with van der Waals surface area (Å²) in [5.41, 5.74) is -0.436.